The summed E-state index contributed by atoms with van der Waals surface area (Å²) in [6, 6.07) is 7.75. The molecule has 178 valence electrons. The van der Waals surface area contributed by atoms with E-state index in [4.69, 9.17) is 5.26 Å². The first-order valence-electron chi connectivity index (χ1n) is 10.1. The molecule has 2 rings (SSSR count). The summed E-state index contributed by atoms with van der Waals surface area (Å²) in [6.45, 7) is 3.16. The Labute approximate surface area is 187 Å². The highest BCUT2D eigenvalue weighted by Crippen LogP contribution is 2.36. The summed E-state index contributed by atoms with van der Waals surface area (Å²) in [7, 11) is 0. The van der Waals surface area contributed by atoms with E-state index in [0.29, 0.717) is 5.56 Å². The van der Waals surface area contributed by atoms with Crippen molar-refractivity contribution in [3.05, 3.63) is 59.7 Å². The molecule has 10 heteroatoms. The SMILES string of the molecule is CC(C)C[C@H](N[C@@H](c1ccc(-c2cccc(C(F)(F)F)c2)cc1)C(F)(F)F)C(=O)NCC#N. The van der Waals surface area contributed by atoms with E-state index in [1.165, 1.54) is 36.4 Å². The molecular weight excluding hydrogens is 448 g/mol. The molecule has 0 bridgehead atoms. The van der Waals surface area contributed by atoms with Gasteiger partial charge >= 0.3 is 12.4 Å². The van der Waals surface area contributed by atoms with E-state index >= 15 is 0 Å². The number of hydrogen-bond acceptors (Lipinski definition) is 3. The summed E-state index contributed by atoms with van der Waals surface area (Å²) in [4.78, 5) is 12.3. The zero-order valence-corrected chi connectivity index (χ0v) is 17.9. The number of carbonyl (C=O) groups is 1. The Bertz CT molecular complexity index is 977. The number of amides is 1. The number of carbonyl (C=O) groups excluding carboxylic acids is 1. The van der Waals surface area contributed by atoms with Gasteiger partial charge in [0.1, 0.15) is 12.6 Å². The van der Waals surface area contributed by atoms with Gasteiger partial charge < -0.3 is 5.32 Å². The van der Waals surface area contributed by atoms with Gasteiger partial charge in [0.15, 0.2) is 0 Å². The molecule has 2 atom stereocenters. The van der Waals surface area contributed by atoms with Gasteiger partial charge in [-0.15, -0.1) is 0 Å². The van der Waals surface area contributed by atoms with Crippen molar-refractivity contribution in [1.29, 1.82) is 5.26 Å². The van der Waals surface area contributed by atoms with E-state index in [0.717, 1.165) is 12.1 Å². The Morgan fingerprint density at radius 3 is 2.15 bits per heavy atom. The summed E-state index contributed by atoms with van der Waals surface area (Å²) in [5.41, 5.74) is -0.531. The lowest BCUT2D eigenvalue weighted by molar-refractivity contribution is -0.161. The molecule has 2 aromatic rings. The van der Waals surface area contributed by atoms with E-state index in [-0.39, 0.29) is 30.0 Å². The zero-order chi connectivity index (χ0) is 24.8. The quantitative estimate of drug-likeness (QED) is 0.388. The molecule has 0 aliphatic heterocycles. The van der Waals surface area contributed by atoms with Crippen molar-refractivity contribution in [1.82, 2.24) is 10.6 Å². The van der Waals surface area contributed by atoms with Gasteiger partial charge in [-0.2, -0.15) is 31.6 Å². The molecule has 0 radical (unpaired) electrons. The lowest BCUT2D eigenvalue weighted by atomic mass is 9.97. The van der Waals surface area contributed by atoms with Crippen molar-refractivity contribution in [2.45, 2.75) is 44.7 Å². The van der Waals surface area contributed by atoms with Crippen LogP contribution in [-0.4, -0.2) is 24.7 Å². The maximum atomic E-state index is 13.9. The molecular formula is C23H23F6N3O. The number of rotatable bonds is 8. The van der Waals surface area contributed by atoms with Crippen LogP contribution in [0.1, 0.15) is 37.4 Å². The fraction of sp³-hybridized carbons (Fsp3) is 0.391. The number of nitrogens with one attached hydrogen (secondary N) is 2. The molecule has 0 unspecified atom stereocenters. The first-order valence-corrected chi connectivity index (χ1v) is 10.1. The van der Waals surface area contributed by atoms with Gasteiger partial charge in [-0.3, -0.25) is 10.1 Å². The van der Waals surface area contributed by atoms with Crippen LogP contribution in [0, 0.1) is 17.2 Å². The topological polar surface area (TPSA) is 64.9 Å². The monoisotopic (exact) mass is 471 g/mol. The highest BCUT2D eigenvalue weighted by Gasteiger charge is 2.43. The molecule has 0 aromatic heterocycles. The van der Waals surface area contributed by atoms with Crippen LogP contribution in [0.15, 0.2) is 48.5 Å². The summed E-state index contributed by atoms with van der Waals surface area (Å²) in [5.74, 6) is -0.826. The van der Waals surface area contributed by atoms with Crippen LogP contribution in [-0.2, 0) is 11.0 Å². The van der Waals surface area contributed by atoms with Crippen molar-refractivity contribution in [2.24, 2.45) is 5.92 Å². The lowest BCUT2D eigenvalue weighted by Crippen LogP contribution is -2.49. The third-order valence-corrected chi connectivity index (χ3v) is 4.83. The van der Waals surface area contributed by atoms with E-state index in [2.05, 4.69) is 10.6 Å². The Hall–Kier alpha value is -3.06. The third-order valence-electron chi connectivity index (χ3n) is 4.83. The maximum Gasteiger partial charge on any atom is 0.416 e. The summed E-state index contributed by atoms with van der Waals surface area (Å²) in [5, 5.41) is 13.2. The van der Waals surface area contributed by atoms with Crippen LogP contribution in [0.3, 0.4) is 0 Å². The van der Waals surface area contributed by atoms with Gasteiger partial charge in [0.2, 0.25) is 5.91 Å². The number of nitrogens with zero attached hydrogens (tertiary/aromatic N) is 1. The van der Waals surface area contributed by atoms with Crippen LogP contribution in [0.25, 0.3) is 11.1 Å². The Morgan fingerprint density at radius 2 is 1.64 bits per heavy atom. The van der Waals surface area contributed by atoms with Crippen molar-refractivity contribution < 1.29 is 31.1 Å². The van der Waals surface area contributed by atoms with Gasteiger partial charge in [0, 0.05) is 0 Å². The van der Waals surface area contributed by atoms with Crippen molar-refractivity contribution in [3.63, 3.8) is 0 Å². The first-order chi connectivity index (χ1) is 15.3. The van der Waals surface area contributed by atoms with Crippen LogP contribution in [0.2, 0.25) is 0 Å². The Kier molecular flexibility index (Phi) is 8.50. The first kappa shape index (κ1) is 26.2. The van der Waals surface area contributed by atoms with Crippen LogP contribution < -0.4 is 10.6 Å². The maximum absolute atomic E-state index is 13.9. The van der Waals surface area contributed by atoms with Crippen molar-refractivity contribution in [3.8, 4) is 17.2 Å². The normalized spacial score (nSPS) is 13.9. The summed E-state index contributed by atoms with van der Waals surface area (Å²) in [6.07, 6.45) is -9.19. The van der Waals surface area contributed by atoms with Crippen LogP contribution >= 0.6 is 0 Å². The molecule has 0 heterocycles. The summed E-state index contributed by atoms with van der Waals surface area (Å²) < 4.78 is 80.4. The second kappa shape index (κ2) is 10.7. The number of halogens is 6. The van der Waals surface area contributed by atoms with Gasteiger partial charge in [0.25, 0.3) is 0 Å². The van der Waals surface area contributed by atoms with E-state index in [9.17, 15) is 31.1 Å². The largest absolute Gasteiger partial charge is 0.416 e. The second-order valence-electron chi connectivity index (χ2n) is 7.90. The highest BCUT2D eigenvalue weighted by atomic mass is 19.4. The van der Waals surface area contributed by atoms with Crippen LogP contribution in [0.4, 0.5) is 26.3 Å². The molecule has 0 saturated carbocycles. The number of benzene rings is 2. The molecule has 0 aliphatic rings. The minimum Gasteiger partial charge on any atom is -0.342 e. The lowest BCUT2D eigenvalue weighted by Gasteiger charge is -2.28. The Balaban J connectivity index is 2.33. The standard InChI is InChI=1S/C23H23F6N3O/c1-14(2)12-19(21(33)31-11-10-30)32-20(23(27,28)29)16-8-6-15(7-9-16)17-4-3-5-18(13-17)22(24,25)26/h3-9,13-14,19-20,32H,11-12H2,1-2H3,(H,31,33)/t19-,20-/m0/s1. The minimum atomic E-state index is -4.75. The number of alkyl halides is 6. The van der Waals surface area contributed by atoms with Crippen LogP contribution in [0.5, 0.6) is 0 Å². The summed E-state index contributed by atoms with van der Waals surface area (Å²) >= 11 is 0. The molecule has 0 saturated heterocycles. The predicted octanol–water partition coefficient (Wildman–Crippen LogP) is 5.62. The molecule has 4 nitrogen and oxygen atoms in total. The molecule has 1 amide bonds. The smallest absolute Gasteiger partial charge is 0.342 e. The van der Waals surface area contributed by atoms with Gasteiger partial charge in [-0.25, -0.2) is 0 Å². The van der Waals surface area contributed by atoms with Gasteiger partial charge in [-0.1, -0.05) is 50.2 Å². The predicted molar refractivity (Wildman–Crippen MR) is 111 cm³/mol. The molecule has 33 heavy (non-hydrogen) atoms. The van der Waals surface area contributed by atoms with Gasteiger partial charge in [-0.05, 0) is 41.2 Å². The third kappa shape index (κ3) is 7.49. The second-order valence-corrected chi connectivity index (χ2v) is 7.90. The fourth-order valence-electron chi connectivity index (χ4n) is 3.30. The molecule has 0 aliphatic carbocycles. The van der Waals surface area contributed by atoms with Crippen molar-refractivity contribution in [2.75, 3.05) is 6.54 Å². The minimum absolute atomic E-state index is 0.103. The van der Waals surface area contributed by atoms with E-state index < -0.39 is 35.9 Å². The number of nitriles is 1. The van der Waals surface area contributed by atoms with Crippen molar-refractivity contribution >= 4 is 5.91 Å². The molecule has 2 N–H and O–H groups in total. The molecule has 0 fully saturated rings. The average Bonchev–Trinajstić information content (AvgIpc) is 2.73. The van der Waals surface area contributed by atoms with E-state index in [1.54, 1.807) is 19.9 Å². The van der Waals surface area contributed by atoms with Gasteiger partial charge in [0.05, 0.1) is 17.7 Å². The highest BCUT2D eigenvalue weighted by molar-refractivity contribution is 5.82. The fourth-order valence-corrected chi connectivity index (χ4v) is 3.30. The molecule has 0 spiro atoms. The Morgan fingerprint density at radius 1 is 1.00 bits per heavy atom. The zero-order valence-electron chi connectivity index (χ0n) is 17.9. The number of hydrogen-bond donors (Lipinski definition) is 2. The average molecular weight is 471 g/mol. The molecule has 2 aromatic carbocycles. The van der Waals surface area contributed by atoms with E-state index in [1.807, 2.05) is 0 Å².